The van der Waals surface area contributed by atoms with Gasteiger partial charge in [0.15, 0.2) is 0 Å². The summed E-state index contributed by atoms with van der Waals surface area (Å²) in [4.78, 5) is 10.9. The molecule has 1 atom stereocenters. The van der Waals surface area contributed by atoms with Gasteiger partial charge in [0.25, 0.3) is 0 Å². The summed E-state index contributed by atoms with van der Waals surface area (Å²) in [5.74, 6) is 0.0818. The van der Waals surface area contributed by atoms with Crippen molar-refractivity contribution in [2.45, 2.75) is 31.4 Å². The molecule has 0 aliphatic rings. The fourth-order valence-electron chi connectivity index (χ4n) is 0.882. The monoisotopic (exact) mass is 206 g/mol. The summed E-state index contributed by atoms with van der Waals surface area (Å²) in [6, 6.07) is 0. The third kappa shape index (κ3) is 4.52. The lowest BCUT2D eigenvalue weighted by atomic mass is 10.2. The standard InChI is InChI=1S/C9H18O3S/c1-4-5-6-13-9(2,7-12-3)8(10)11/h4-7H2,1-3H3,(H,10,11). The number of rotatable bonds is 7. The van der Waals surface area contributed by atoms with Crippen LogP contribution in [0.5, 0.6) is 0 Å². The normalized spacial score (nSPS) is 15.3. The molecule has 0 amide bonds. The van der Waals surface area contributed by atoms with Crippen molar-refractivity contribution in [1.82, 2.24) is 0 Å². The van der Waals surface area contributed by atoms with E-state index in [-0.39, 0.29) is 6.61 Å². The van der Waals surface area contributed by atoms with E-state index in [4.69, 9.17) is 9.84 Å². The highest BCUT2D eigenvalue weighted by Crippen LogP contribution is 2.26. The Balaban J connectivity index is 4.00. The molecule has 0 aromatic rings. The quantitative estimate of drug-likeness (QED) is 0.647. The Morgan fingerprint density at radius 3 is 2.62 bits per heavy atom. The summed E-state index contributed by atoms with van der Waals surface area (Å²) in [6.07, 6.45) is 2.15. The lowest BCUT2D eigenvalue weighted by molar-refractivity contribution is -0.140. The van der Waals surface area contributed by atoms with Gasteiger partial charge in [-0.05, 0) is 19.1 Å². The molecule has 0 bridgehead atoms. The lowest BCUT2D eigenvalue weighted by Crippen LogP contribution is -2.36. The summed E-state index contributed by atoms with van der Waals surface area (Å²) in [5.41, 5.74) is 0. The second kappa shape index (κ2) is 6.27. The summed E-state index contributed by atoms with van der Waals surface area (Å²) in [5, 5.41) is 8.96. The van der Waals surface area contributed by atoms with Crippen LogP contribution in [0.4, 0.5) is 0 Å². The van der Waals surface area contributed by atoms with E-state index >= 15 is 0 Å². The van der Waals surface area contributed by atoms with Crippen molar-refractivity contribution in [3.8, 4) is 0 Å². The molecule has 1 unspecified atom stereocenters. The van der Waals surface area contributed by atoms with Gasteiger partial charge in [-0.3, -0.25) is 4.79 Å². The maximum absolute atomic E-state index is 10.9. The number of ether oxygens (including phenoxy) is 1. The van der Waals surface area contributed by atoms with E-state index < -0.39 is 10.7 Å². The van der Waals surface area contributed by atoms with E-state index in [1.54, 1.807) is 6.92 Å². The molecule has 1 N–H and O–H groups in total. The van der Waals surface area contributed by atoms with Crippen LogP contribution in [0.25, 0.3) is 0 Å². The number of carboxylic acid groups (broad SMARTS) is 1. The van der Waals surface area contributed by atoms with Gasteiger partial charge in [0.05, 0.1) is 6.61 Å². The summed E-state index contributed by atoms with van der Waals surface area (Å²) in [7, 11) is 1.53. The predicted octanol–water partition coefficient (Wildman–Crippen LogP) is 2.01. The Bertz CT molecular complexity index is 161. The van der Waals surface area contributed by atoms with Crippen molar-refractivity contribution in [1.29, 1.82) is 0 Å². The SMILES string of the molecule is CCCCSC(C)(COC)C(=O)O. The molecule has 0 aliphatic carbocycles. The molecule has 0 fully saturated rings. The number of thioether (sulfide) groups is 1. The first kappa shape index (κ1) is 12.8. The zero-order valence-corrected chi connectivity index (χ0v) is 9.32. The second-order valence-electron chi connectivity index (χ2n) is 3.17. The minimum atomic E-state index is -0.796. The summed E-state index contributed by atoms with van der Waals surface area (Å²) >= 11 is 1.46. The zero-order chi connectivity index (χ0) is 10.3. The van der Waals surface area contributed by atoms with E-state index in [9.17, 15) is 4.79 Å². The average Bonchev–Trinajstić information content (AvgIpc) is 2.05. The highest BCUT2D eigenvalue weighted by Gasteiger charge is 2.33. The van der Waals surface area contributed by atoms with E-state index in [2.05, 4.69) is 6.92 Å². The van der Waals surface area contributed by atoms with Crippen LogP contribution < -0.4 is 0 Å². The third-order valence-electron chi connectivity index (χ3n) is 1.79. The van der Waals surface area contributed by atoms with Crippen molar-refractivity contribution in [3.05, 3.63) is 0 Å². The van der Waals surface area contributed by atoms with Crippen molar-refractivity contribution in [3.63, 3.8) is 0 Å². The molecule has 0 heterocycles. The molecular formula is C9H18O3S. The van der Waals surface area contributed by atoms with Gasteiger partial charge in [0.2, 0.25) is 0 Å². The summed E-state index contributed by atoms with van der Waals surface area (Å²) < 4.78 is 4.11. The molecule has 0 aromatic heterocycles. The van der Waals surface area contributed by atoms with Crippen LogP contribution in [0.1, 0.15) is 26.7 Å². The molecule has 78 valence electrons. The van der Waals surface area contributed by atoms with Gasteiger partial charge in [0, 0.05) is 7.11 Å². The number of methoxy groups -OCH3 is 1. The van der Waals surface area contributed by atoms with Crippen LogP contribution in [-0.2, 0) is 9.53 Å². The van der Waals surface area contributed by atoms with Gasteiger partial charge in [0.1, 0.15) is 4.75 Å². The van der Waals surface area contributed by atoms with Crippen LogP contribution in [0.3, 0.4) is 0 Å². The van der Waals surface area contributed by atoms with Crippen LogP contribution >= 0.6 is 11.8 Å². The smallest absolute Gasteiger partial charge is 0.321 e. The van der Waals surface area contributed by atoms with Crippen molar-refractivity contribution < 1.29 is 14.6 Å². The Morgan fingerprint density at radius 1 is 1.62 bits per heavy atom. The van der Waals surface area contributed by atoms with E-state index in [0.717, 1.165) is 18.6 Å². The highest BCUT2D eigenvalue weighted by atomic mass is 32.2. The zero-order valence-electron chi connectivity index (χ0n) is 8.50. The number of hydrogen-bond donors (Lipinski definition) is 1. The third-order valence-corrected chi connectivity index (χ3v) is 3.21. The molecule has 0 aliphatic heterocycles. The number of carboxylic acids is 1. The Labute approximate surface area is 83.9 Å². The highest BCUT2D eigenvalue weighted by molar-refractivity contribution is 8.01. The van der Waals surface area contributed by atoms with Crippen LogP contribution in [0.15, 0.2) is 0 Å². The minimum Gasteiger partial charge on any atom is -0.480 e. The van der Waals surface area contributed by atoms with Crippen molar-refractivity contribution in [2.24, 2.45) is 0 Å². The van der Waals surface area contributed by atoms with E-state index in [1.165, 1.54) is 18.9 Å². The van der Waals surface area contributed by atoms with Gasteiger partial charge in [-0.2, -0.15) is 0 Å². The fourth-order valence-corrected chi connectivity index (χ4v) is 2.09. The van der Waals surface area contributed by atoms with Crippen LogP contribution in [-0.4, -0.2) is 35.3 Å². The van der Waals surface area contributed by atoms with Crippen LogP contribution in [0.2, 0.25) is 0 Å². The number of unbranched alkanes of at least 4 members (excludes halogenated alkanes) is 1. The van der Waals surface area contributed by atoms with Gasteiger partial charge >= 0.3 is 5.97 Å². The number of aliphatic carboxylic acids is 1. The number of carbonyl (C=O) groups is 1. The molecule has 0 radical (unpaired) electrons. The molecule has 0 rings (SSSR count). The molecular weight excluding hydrogens is 188 g/mol. The predicted molar refractivity (Wildman–Crippen MR) is 55.3 cm³/mol. The minimum absolute atomic E-state index is 0.261. The molecule has 0 aromatic carbocycles. The first-order chi connectivity index (χ1) is 6.06. The summed E-state index contributed by atoms with van der Waals surface area (Å²) in [6.45, 7) is 4.06. The number of hydrogen-bond acceptors (Lipinski definition) is 3. The van der Waals surface area contributed by atoms with Gasteiger partial charge < -0.3 is 9.84 Å². The maximum Gasteiger partial charge on any atom is 0.321 e. The largest absolute Gasteiger partial charge is 0.480 e. The van der Waals surface area contributed by atoms with E-state index in [0.29, 0.717) is 0 Å². The Kier molecular flexibility index (Phi) is 6.16. The first-order valence-electron chi connectivity index (χ1n) is 4.43. The molecule has 0 saturated heterocycles. The van der Waals surface area contributed by atoms with Gasteiger partial charge in [-0.1, -0.05) is 13.3 Å². The van der Waals surface area contributed by atoms with Gasteiger partial charge in [-0.15, -0.1) is 11.8 Å². The van der Waals surface area contributed by atoms with E-state index in [1.807, 2.05) is 0 Å². The lowest BCUT2D eigenvalue weighted by Gasteiger charge is -2.22. The van der Waals surface area contributed by atoms with Crippen molar-refractivity contribution >= 4 is 17.7 Å². The molecule has 0 saturated carbocycles. The Hall–Kier alpha value is -0.220. The second-order valence-corrected chi connectivity index (χ2v) is 4.77. The molecule has 4 heteroatoms. The topological polar surface area (TPSA) is 46.5 Å². The molecule has 13 heavy (non-hydrogen) atoms. The van der Waals surface area contributed by atoms with Crippen LogP contribution in [0, 0.1) is 0 Å². The first-order valence-corrected chi connectivity index (χ1v) is 5.41. The molecule has 3 nitrogen and oxygen atoms in total. The van der Waals surface area contributed by atoms with Crippen molar-refractivity contribution in [2.75, 3.05) is 19.5 Å². The van der Waals surface area contributed by atoms with Gasteiger partial charge in [-0.25, -0.2) is 0 Å². The molecule has 0 spiro atoms. The Morgan fingerprint density at radius 2 is 2.23 bits per heavy atom. The fraction of sp³-hybridized carbons (Fsp3) is 0.889. The maximum atomic E-state index is 10.9. The average molecular weight is 206 g/mol.